The summed E-state index contributed by atoms with van der Waals surface area (Å²) >= 11 is 0. The summed E-state index contributed by atoms with van der Waals surface area (Å²) in [5.74, 6) is 1.24. The Hall–Kier alpha value is -1.70. The maximum atomic E-state index is 12.5. The van der Waals surface area contributed by atoms with Crippen LogP contribution in [0.25, 0.3) is 0 Å². The van der Waals surface area contributed by atoms with Crippen LogP contribution in [-0.4, -0.2) is 38.6 Å². The quantitative estimate of drug-likeness (QED) is 0.749. The number of hydrogen-bond donors (Lipinski definition) is 1. The fourth-order valence-corrected chi connectivity index (χ4v) is 5.25. The van der Waals surface area contributed by atoms with Crippen LogP contribution in [0.15, 0.2) is 40.9 Å². The van der Waals surface area contributed by atoms with Crippen molar-refractivity contribution in [2.24, 2.45) is 11.3 Å². The lowest BCUT2D eigenvalue weighted by atomic mass is 9.57. The highest BCUT2D eigenvalue weighted by molar-refractivity contribution is 7.88. The average Bonchev–Trinajstić information content (AvgIpc) is 3.00. The molecule has 2 aromatic rings. The van der Waals surface area contributed by atoms with Crippen molar-refractivity contribution in [3.8, 4) is 0 Å². The van der Waals surface area contributed by atoms with Crippen molar-refractivity contribution in [2.45, 2.75) is 45.0 Å². The van der Waals surface area contributed by atoms with Gasteiger partial charge in [-0.3, -0.25) is 0 Å². The summed E-state index contributed by atoms with van der Waals surface area (Å²) in [7, 11) is 0.618. The van der Waals surface area contributed by atoms with E-state index in [1.807, 2.05) is 55.4 Å². The second-order valence-corrected chi connectivity index (χ2v) is 10.1. The minimum Gasteiger partial charge on any atom is -0.360 e. The van der Waals surface area contributed by atoms with E-state index in [1.165, 1.54) is 0 Å². The van der Waals surface area contributed by atoms with Gasteiger partial charge in [-0.1, -0.05) is 49.3 Å². The minimum absolute atomic E-state index is 0.0161. The molecule has 0 saturated heterocycles. The van der Waals surface area contributed by atoms with Crippen LogP contribution in [0.4, 0.5) is 0 Å². The van der Waals surface area contributed by atoms with E-state index in [1.54, 1.807) is 0 Å². The van der Waals surface area contributed by atoms with Crippen molar-refractivity contribution in [2.75, 3.05) is 14.1 Å². The molecule has 0 spiro atoms. The van der Waals surface area contributed by atoms with Gasteiger partial charge in [0.1, 0.15) is 0 Å². The highest BCUT2D eigenvalue weighted by atomic mass is 32.2. The third-order valence-electron chi connectivity index (χ3n) is 5.53. The molecule has 7 heteroatoms. The van der Waals surface area contributed by atoms with Crippen LogP contribution in [-0.2, 0) is 28.7 Å². The first kappa shape index (κ1) is 20.0. The molecule has 27 heavy (non-hydrogen) atoms. The summed E-state index contributed by atoms with van der Waals surface area (Å²) in [6, 6.07) is 11.2. The summed E-state index contributed by atoms with van der Waals surface area (Å²) in [6.07, 6.45) is 1.62. The van der Waals surface area contributed by atoms with E-state index in [0.29, 0.717) is 5.92 Å². The zero-order valence-electron chi connectivity index (χ0n) is 16.5. The lowest BCUT2D eigenvalue weighted by molar-refractivity contribution is 0.0269. The van der Waals surface area contributed by atoms with Gasteiger partial charge in [-0.05, 0) is 43.8 Å². The Morgan fingerprint density at radius 1 is 1.26 bits per heavy atom. The van der Waals surface area contributed by atoms with E-state index >= 15 is 0 Å². The van der Waals surface area contributed by atoms with Crippen molar-refractivity contribution in [3.05, 3.63) is 53.4 Å². The fourth-order valence-electron chi connectivity index (χ4n) is 3.71. The summed E-state index contributed by atoms with van der Waals surface area (Å²) < 4.78 is 33.3. The van der Waals surface area contributed by atoms with E-state index < -0.39 is 10.0 Å². The Morgan fingerprint density at radius 3 is 2.59 bits per heavy atom. The Morgan fingerprint density at radius 2 is 1.96 bits per heavy atom. The molecule has 1 heterocycles. The highest BCUT2D eigenvalue weighted by Gasteiger charge is 2.49. The molecule has 3 rings (SSSR count). The molecule has 148 valence electrons. The van der Waals surface area contributed by atoms with Gasteiger partial charge in [0, 0.05) is 12.1 Å². The summed E-state index contributed by atoms with van der Waals surface area (Å²) in [6.45, 7) is 4.97. The highest BCUT2D eigenvalue weighted by Crippen LogP contribution is 2.48. The number of rotatable bonds is 8. The van der Waals surface area contributed by atoms with Crippen LogP contribution >= 0.6 is 0 Å². The van der Waals surface area contributed by atoms with Gasteiger partial charge < -0.3 is 9.42 Å². The Balaban J connectivity index is 1.57. The number of nitrogens with zero attached hydrogens (tertiary/aromatic N) is 2. The molecule has 2 atom stereocenters. The van der Waals surface area contributed by atoms with Crippen LogP contribution in [0.5, 0.6) is 0 Å². The molecule has 1 aliphatic carbocycles. The number of benzene rings is 1. The van der Waals surface area contributed by atoms with Crippen molar-refractivity contribution >= 4 is 10.0 Å². The molecule has 0 bridgehead atoms. The van der Waals surface area contributed by atoms with Gasteiger partial charge in [-0.2, -0.15) is 0 Å². The zero-order valence-corrected chi connectivity index (χ0v) is 17.3. The van der Waals surface area contributed by atoms with Crippen LogP contribution in [0.2, 0.25) is 0 Å². The normalized spacial score (nSPS) is 22.0. The van der Waals surface area contributed by atoms with Crippen molar-refractivity contribution < 1.29 is 12.9 Å². The van der Waals surface area contributed by atoms with Gasteiger partial charge >= 0.3 is 0 Å². The van der Waals surface area contributed by atoms with E-state index in [4.69, 9.17) is 4.52 Å². The first-order chi connectivity index (χ1) is 12.7. The number of hydrogen-bond acceptors (Lipinski definition) is 5. The third kappa shape index (κ3) is 4.97. The standard InChI is InChI=1S/C20H29N3O3S/c1-20(2)16(10-17-12-18(26-21-17)13-23(3)4)11-19(20)22-27(24,25)14-15-8-6-5-7-9-15/h5-9,12,16,19,22H,10-11,13-14H2,1-4H3/t16-,19+/m1/s1. The molecule has 1 fully saturated rings. The van der Waals surface area contributed by atoms with Crippen LogP contribution in [0.1, 0.15) is 37.3 Å². The summed E-state index contributed by atoms with van der Waals surface area (Å²) in [5, 5.41) is 4.17. The van der Waals surface area contributed by atoms with Gasteiger partial charge in [0.25, 0.3) is 0 Å². The van der Waals surface area contributed by atoms with Crippen LogP contribution < -0.4 is 4.72 Å². The number of nitrogens with one attached hydrogen (secondary N) is 1. The van der Waals surface area contributed by atoms with Gasteiger partial charge in [-0.25, -0.2) is 13.1 Å². The Kier molecular flexibility index (Phi) is 5.74. The molecule has 1 saturated carbocycles. The minimum atomic E-state index is -3.36. The summed E-state index contributed by atoms with van der Waals surface area (Å²) in [5.41, 5.74) is 1.62. The molecule has 1 aliphatic rings. The lowest BCUT2D eigenvalue weighted by Gasteiger charge is -2.52. The lowest BCUT2D eigenvalue weighted by Crippen LogP contribution is -2.58. The van der Waals surface area contributed by atoms with Gasteiger partial charge in [0.05, 0.1) is 18.0 Å². The predicted molar refractivity (Wildman–Crippen MR) is 105 cm³/mol. The van der Waals surface area contributed by atoms with Crippen molar-refractivity contribution in [3.63, 3.8) is 0 Å². The van der Waals surface area contributed by atoms with Crippen molar-refractivity contribution in [1.29, 1.82) is 0 Å². The van der Waals surface area contributed by atoms with Gasteiger partial charge in [0.15, 0.2) is 5.76 Å². The molecule has 0 radical (unpaired) electrons. The molecule has 0 unspecified atom stereocenters. The average molecular weight is 392 g/mol. The van der Waals surface area contributed by atoms with Crippen molar-refractivity contribution in [1.82, 2.24) is 14.8 Å². The predicted octanol–water partition coefficient (Wildman–Crippen LogP) is 2.81. The Labute approximate surface area is 162 Å². The molecule has 0 amide bonds. The molecular formula is C20H29N3O3S. The largest absolute Gasteiger partial charge is 0.360 e. The fraction of sp³-hybridized carbons (Fsp3) is 0.550. The number of sulfonamides is 1. The maximum absolute atomic E-state index is 12.5. The van der Waals surface area contributed by atoms with E-state index in [2.05, 4.69) is 23.7 Å². The summed E-state index contributed by atoms with van der Waals surface area (Å²) in [4.78, 5) is 2.04. The van der Waals surface area contributed by atoms with Crippen LogP contribution in [0, 0.1) is 11.3 Å². The molecular weight excluding hydrogens is 362 g/mol. The van der Waals surface area contributed by atoms with Gasteiger partial charge in [-0.15, -0.1) is 0 Å². The second kappa shape index (κ2) is 7.73. The first-order valence-electron chi connectivity index (χ1n) is 9.29. The molecule has 6 nitrogen and oxygen atoms in total. The maximum Gasteiger partial charge on any atom is 0.216 e. The second-order valence-electron chi connectivity index (χ2n) is 8.40. The third-order valence-corrected chi connectivity index (χ3v) is 6.88. The topological polar surface area (TPSA) is 75.4 Å². The molecule has 1 aromatic carbocycles. The van der Waals surface area contributed by atoms with Crippen LogP contribution in [0.3, 0.4) is 0 Å². The Bertz CT molecular complexity index is 860. The zero-order chi connectivity index (χ0) is 19.7. The number of aromatic nitrogens is 1. The van der Waals surface area contributed by atoms with Gasteiger partial charge in [0.2, 0.25) is 10.0 Å². The smallest absolute Gasteiger partial charge is 0.216 e. The van der Waals surface area contributed by atoms with E-state index in [0.717, 1.165) is 36.4 Å². The van der Waals surface area contributed by atoms with E-state index in [9.17, 15) is 8.42 Å². The first-order valence-corrected chi connectivity index (χ1v) is 10.9. The molecule has 1 aromatic heterocycles. The SMILES string of the molecule is CN(C)Cc1cc(C[C@@H]2C[C@H](NS(=O)(=O)Cc3ccccc3)C2(C)C)no1. The monoisotopic (exact) mass is 391 g/mol. The van der Waals surface area contributed by atoms with E-state index in [-0.39, 0.29) is 17.2 Å². The molecule has 1 N–H and O–H groups in total. The molecule has 0 aliphatic heterocycles.